The van der Waals surface area contributed by atoms with E-state index in [4.69, 9.17) is 9.47 Å². The molecule has 1 fully saturated rings. The molecule has 0 bridgehead atoms. The van der Waals surface area contributed by atoms with E-state index in [9.17, 15) is 4.79 Å². The quantitative estimate of drug-likeness (QED) is 0.802. The Labute approximate surface area is 131 Å². The highest BCUT2D eigenvalue weighted by Gasteiger charge is 2.55. The molecule has 1 aromatic rings. The summed E-state index contributed by atoms with van der Waals surface area (Å²) in [6.07, 6.45) is 4.67. The fourth-order valence-corrected chi connectivity index (χ4v) is 2.88. The number of rotatable bonds is 3. The van der Waals surface area contributed by atoms with Crippen molar-refractivity contribution in [1.82, 2.24) is 4.90 Å². The Morgan fingerprint density at radius 1 is 1.27 bits per heavy atom. The van der Waals surface area contributed by atoms with Crippen LogP contribution >= 0.6 is 0 Å². The van der Waals surface area contributed by atoms with E-state index < -0.39 is 5.60 Å². The van der Waals surface area contributed by atoms with Crippen molar-refractivity contribution in [1.29, 1.82) is 0 Å². The van der Waals surface area contributed by atoms with Crippen LogP contribution in [0, 0.1) is 0 Å². The minimum absolute atomic E-state index is 0.0141. The van der Waals surface area contributed by atoms with E-state index in [0.717, 1.165) is 12.0 Å². The number of hydrogen-bond donors (Lipinski definition) is 0. The number of carbonyl (C=O) groups excluding carboxylic acids is 1. The first-order chi connectivity index (χ1) is 10.4. The molecule has 1 aromatic carbocycles. The molecule has 1 amide bonds. The Balaban J connectivity index is 1.61. The lowest BCUT2D eigenvalue weighted by atomic mass is 10.1. The highest BCUT2D eigenvalue weighted by atomic mass is 16.6. The van der Waals surface area contributed by atoms with Gasteiger partial charge in [0, 0.05) is 6.54 Å². The van der Waals surface area contributed by atoms with Gasteiger partial charge in [-0.1, -0.05) is 42.5 Å². The van der Waals surface area contributed by atoms with Gasteiger partial charge in [-0.05, 0) is 32.8 Å². The molecule has 1 saturated heterocycles. The van der Waals surface area contributed by atoms with Crippen molar-refractivity contribution in [2.75, 3.05) is 6.54 Å². The molecule has 22 heavy (non-hydrogen) atoms. The fraction of sp³-hybridized carbons (Fsp3) is 0.500. The topological polar surface area (TPSA) is 38.8 Å². The first kappa shape index (κ1) is 15.1. The van der Waals surface area contributed by atoms with E-state index in [0.29, 0.717) is 13.2 Å². The molecule has 1 unspecified atom stereocenters. The maximum Gasteiger partial charge on any atom is 0.411 e. The zero-order valence-corrected chi connectivity index (χ0v) is 13.4. The van der Waals surface area contributed by atoms with Gasteiger partial charge in [0.15, 0.2) is 0 Å². The van der Waals surface area contributed by atoms with Crippen LogP contribution in [0.1, 0.15) is 32.8 Å². The third kappa shape index (κ3) is 3.02. The lowest BCUT2D eigenvalue weighted by molar-refractivity contribution is -0.00486. The van der Waals surface area contributed by atoms with Crippen LogP contribution in [-0.2, 0) is 16.1 Å². The molecule has 0 N–H and O–H groups in total. The molecule has 1 aliphatic carbocycles. The number of hydrogen-bond acceptors (Lipinski definition) is 3. The fourth-order valence-electron chi connectivity index (χ4n) is 2.88. The Morgan fingerprint density at radius 3 is 2.55 bits per heavy atom. The smallest absolute Gasteiger partial charge is 0.411 e. The number of nitrogens with zero attached hydrogens (tertiary/aromatic N) is 1. The molecule has 2 aliphatic rings. The van der Waals surface area contributed by atoms with Crippen molar-refractivity contribution < 1.29 is 14.3 Å². The Kier molecular flexibility index (Phi) is 3.73. The molecule has 118 valence electrons. The van der Waals surface area contributed by atoms with Gasteiger partial charge in [0.2, 0.25) is 0 Å². The monoisotopic (exact) mass is 301 g/mol. The highest BCUT2D eigenvalue weighted by Crippen LogP contribution is 2.44. The standard InChI is InChI=1S/C18H23NO3/c1-17(2,3)22-16(20)19-12-9-15(18(19)10-11-18)21-13-14-7-5-4-6-8-14/h4-8,10-11,15H,9,12-13H2,1-3H3. The van der Waals surface area contributed by atoms with Gasteiger partial charge in [0.05, 0.1) is 12.7 Å². The summed E-state index contributed by atoms with van der Waals surface area (Å²) in [6, 6.07) is 10.1. The van der Waals surface area contributed by atoms with Crippen LogP contribution in [-0.4, -0.2) is 34.8 Å². The van der Waals surface area contributed by atoms with Crippen LogP contribution in [0.15, 0.2) is 42.5 Å². The molecule has 1 heterocycles. The Hall–Kier alpha value is -1.81. The van der Waals surface area contributed by atoms with Gasteiger partial charge in [-0.3, -0.25) is 4.90 Å². The molecule has 4 nitrogen and oxygen atoms in total. The third-order valence-corrected chi connectivity index (χ3v) is 4.01. The average molecular weight is 301 g/mol. The van der Waals surface area contributed by atoms with E-state index in [-0.39, 0.29) is 17.7 Å². The first-order valence-corrected chi connectivity index (χ1v) is 7.77. The Bertz CT molecular complexity index is 568. The SMILES string of the molecule is CC(C)(C)OC(=O)N1CCC(OCc2ccccc2)C12C=C2. The lowest BCUT2D eigenvalue weighted by Gasteiger charge is -2.31. The molecule has 1 spiro atoms. The predicted octanol–water partition coefficient (Wildman–Crippen LogP) is 3.52. The van der Waals surface area contributed by atoms with Gasteiger partial charge in [0.25, 0.3) is 0 Å². The molecular weight excluding hydrogens is 278 g/mol. The van der Waals surface area contributed by atoms with Crippen LogP contribution in [0.4, 0.5) is 4.79 Å². The van der Waals surface area contributed by atoms with Crippen LogP contribution in [0.25, 0.3) is 0 Å². The zero-order chi connectivity index (χ0) is 15.8. The molecule has 1 atom stereocenters. The van der Waals surface area contributed by atoms with E-state index >= 15 is 0 Å². The van der Waals surface area contributed by atoms with Crippen LogP contribution in [0.3, 0.4) is 0 Å². The summed E-state index contributed by atoms with van der Waals surface area (Å²) in [5.41, 5.74) is 0.307. The van der Waals surface area contributed by atoms with Gasteiger partial charge < -0.3 is 9.47 Å². The minimum atomic E-state index is -0.476. The summed E-state index contributed by atoms with van der Waals surface area (Å²) in [4.78, 5) is 14.1. The van der Waals surface area contributed by atoms with Crippen LogP contribution in [0.2, 0.25) is 0 Å². The molecule has 1 aliphatic heterocycles. The second-order valence-electron chi connectivity index (χ2n) is 6.93. The van der Waals surface area contributed by atoms with E-state index in [2.05, 4.69) is 0 Å². The van der Waals surface area contributed by atoms with E-state index in [1.165, 1.54) is 0 Å². The summed E-state index contributed by atoms with van der Waals surface area (Å²) >= 11 is 0. The average Bonchev–Trinajstić information content (AvgIpc) is 3.13. The van der Waals surface area contributed by atoms with Crippen molar-refractivity contribution >= 4 is 6.09 Å². The number of amides is 1. The second kappa shape index (κ2) is 5.43. The Morgan fingerprint density at radius 2 is 1.95 bits per heavy atom. The number of ether oxygens (including phenoxy) is 2. The number of likely N-dealkylation sites (tertiary alicyclic amines) is 1. The van der Waals surface area contributed by atoms with Gasteiger partial charge in [-0.15, -0.1) is 0 Å². The summed E-state index contributed by atoms with van der Waals surface area (Å²) < 4.78 is 11.6. The van der Waals surface area contributed by atoms with Gasteiger partial charge >= 0.3 is 6.09 Å². The normalized spacial score (nSPS) is 22.1. The highest BCUT2D eigenvalue weighted by molar-refractivity contribution is 5.73. The van der Waals surface area contributed by atoms with Crippen molar-refractivity contribution in [2.24, 2.45) is 0 Å². The van der Waals surface area contributed by atoms with Crippen molar-refractivity contribution in [3.8, 4) is 0 Å². The number of benzene rings is 1. The summed E-state index contributed by atoms with van der Waals surface area (Å²) in [5.74, 6) is 0. The lowest BCUT2D eigenvalue weighted by Crippen LogP contribution is -2.46. The minimum Gasteiger partial charge on any atom is -0.444 e. The van der Waals surface area contributed by atoms with Crippen molar-refractivity contribution in [2.45, 2.75) is 51.0 Å². The largest absolute Gasteiger partial charge is 0.444 e. The van der Waals surface area contributed by atoms with Gasteiger partial charge in [-0.2, -0.15) is 0 Å². The number of carbonyl (C=O) groups is 1. The molecular formula is C18H23NO3. The van der Waals surface area contributed by atoms with Crippen molar-refractivity contribution in [3.63, 3.8) is 0 Å². The first-order valence-electron chi connectivity index (χ1n) is 7.77. The molecule has 0 aromatic heterocycles. The van der Waals surface area contributed by atoms with Gasteiger partial charge in [0.1, 0.15) is 11.1 Å². The third-order valence-electron chi connectivity index (χ3n) is 4.01. The van der Waals surface area contributed by atoms with E-state index in [1.807, 2.05) is 63.3 Å². The summed E-state index contributed by atoms with van der Waals surface area (Å²) in [5, 5.41) is 0. The second-order valence-corrected chi connectivity index (χ2v) is 6.93. The molecule has 4 heteroatoms. The maximum atomic E-state index is 12.3. The van der Waals surface area contributed by atoms with E-state index in [1.54, 1.807) is 4.90 Å². The van der Waals surface area contributed by atoms with Crippen molar-refractivity contribution in [3.05, 3.63) is 48.0 Å². The zero-order valence-electron chi connectivity index (χ0n) is 13.4. The molecule has 3 rings (SSSR count). The van der Waals surface area contributed by atoms with Gasteiger partial charge in [-0.25, -0.2) is 4.79 Å². The maximum absolute atomic E-state index is 12.3. The van der Waals surface area contributed by atoms with Crippen LogP contribution < -0.4 is 0 Å². The summed E-state index contributed by atoms with van der Waals surface area (Å²) in [6.45, 7) is 6.89. The predicted molar refractivity (Wildman–Crippen MR) is 84.4 cm³/mol. The van der Waals surface area contributed by atoms with Crippen LogP contribution in [0.5, 0.6) is 0 Å². The molecule has 0 saturated carbocycles. The molecule has 0 radical (unpaired) electrons. The summed E-state index contributed by atoms with van der Waals surface area (Å²) in [7, 11) is 0.